The van der Waals surface area contributed by atoms with Crippen molar-refractivity contribution in [3.8, 4) is 0 Å². The molecule has 0 bridgehead atoms. The number of hydrogen-bond donors (Lipinski definition) is 0. The fourth-order valence-electron chi connectivity index (χ4n) is 4.79. The molecule has 6 nitrogen and oxygen atoms in total. The second-order valence-electron chi connectivity index (χ2n) is 9.49. The van der Waals surface area contributed by atoms with E-state index in [0.717, 1.165) is 29.3 Å². The van der Waals surface area contributed by atoms with Gasteiger partial charge < -0.3 is 14.4 Å². The Morgan fingerprint density at radius 1 is 1.10 bits per heavy atom. The number of para-hydroxylation sites is 2. The van der Waals surface area contributed by atoms with Gasteiger partial charge in [0.05, 0.1) is 16.8 Å². The number of hydrogen-bond acceptors (Lipinski definition) is 4. The van der Waals surface area contributed by atoms with Crippen LogP contribution in [0.2, 0.25) is 0 Å². The Bertz CT molecular complexity index is 905. The van der Waals surface area contributed by atoms with Crippen LogP contribution in [0.4, 0.5) is 0 Å². The van der Waals surface area contributed by atoms with Crippen LogP contribution in [0.15, 0.2) is 29.4 Å². The van der Waals surface area contributed by atoms with E-state index in [2.05, 4.69) is 13.8 Å². The highest BCUT2D eigenvalue weighted by molar-refractivity contribution is 7.99. The fourth-order valence-corrected chi connectivity index (χ4v) is 5.71. The van der Waals surface area contributed by atoms with Gasteiger partial charge in [-0.1, -0.05) is 37.7 Å². The number of carbonyl (C=O) groups is 2. The van der Waals surface area contributed by atoms with Crippen molar-refractivity contribution in [2.45, 2.75) is 71.7 Å². The third-order valence-corrected chi connectivity index (χ3v) is 6.82. The minimum absolute atomic E-state index is 0.0695. The zero-order chi connectivity index (χ0) is 22.7. The number of rotatable bonds is 7. The van der Waals surface area contributed by atoms with Crippen molar-refractivity contribution in [2.24, 2.45) is 11.8 Å². The summed E-state index contributed by atoms with van der Waals surface area (Å²) in [4.78, 5) is 34.7. The Morgan fingerprint density at radius 2 is 1.71 bits per heavy atom. The normalized spacial score (nSPS) is 19.4. The molecule has 0 aliphatic carbocycles. The van der Waals surface area contributed by atoms with E-state index in [1.54, 1.807) is 0 Å². The molecule has 3 rings (SSSR count). The van der Waals surface area contributed by atoms with Gasteiger partial charge in [0.2, 0.25) is 11.8 Å². The van der Waals surface area contributed by atoms with Crippen LogP contribution in [0.1, 0.15) is 48.0 Å². The van der Waals surface area contributed by atoms with Crippen molar-refractivity contribution in [1.29, 1.82) is 0 Å². The number of piperidine rings is 1. The maximum absolute atomic E-state index is 13.1. The van der Waals surface area contributed by atoms with Crippen LogP contribution < -0.4 is 0 Å². The maximum Gasteiger partial charge on any atom is 0.243 e. The zero-order valence-corrected chi connectivity index (χ0v) is 20.5. The summed E-state index contributed by atoms with van der Waals surface area (Å²) < 4.78 is 1.97. The molecule has 170 valence electrons. The lowest BCUT2D eigenvalue weighted by Crippen LogP contribution is -2.44. The largest absolute Gasteiger partial charge is 0.341 e. The molecule has 1 aliphatic rings. The Kier molecular flexibility index (Phi) is 7.68. The molecular formula is C24H36N4O2S. The number of nitrogens with zero attached hydrogens (tertiary/aromatic N) is 4. The van der Waals surface area contributed by atoms with Crippen molar-refractivity contribution in [3.05, 3.63) is 24.3 Å². The fraction of sp³-hybridized carbons (Fsp3) is 0.625. The van der Waals surface area contributed by atoms with Gasteiger partial charge in [-0.3, -0.25) is 9.59 Å². The van der Waals surface area contributed by atoms with E-state index in [0.29, 0.717) is 17.6 Å². The number of amides is 2. The molecule has 2 atom stereocenters. The summed E-state index contributed by atoms with van der Waals surface area (Å²) in [6, 6.07) is 8.12. The molecule has 0 N–H and O–H groups in total. The minimum Gasteiger partial charge on any atom is -0.341 e. The number of benzene rings is 1. The molecule has 0 spiro atoms. The first-order chi connectivity index (χ1) is 14.7. The first-order valence-corrected chi connectivity index (χ1v) is 12.3. The second kappa shape index (κ2) is 10.1. The van der Waals surface area contributed by atoms with E-state index in [4.69, 9.17) is 4.98 Å². The van der Waals surface area contributed by atoms with Crippen molar-refractivity contribution in [1.82, 2.24) is 19.4 Å². The van der Waals surface area contributed by atoms with Crippen LogP contribution in [0.25, 0.3) is 11.0 Å². The molecule has 0 saturated carbocycles. The van der Waals surface area contributed by atoms with Gasteiger partial charge in [0.1, 0.15) is 6.54 Å². The predicted octanol–water partition coefficient (Wildman–Crippen LogP) is 4.28. The average molecular weight is 445 g/mol. The van der Waals surface area contributed by atoms with Gasteiger partial charge in [-0.05, 0) is 58.1 Å². The Hall–Kier alpha value is -2.02. The molecule has 1 saturated heterocycles. The van der Waals surface area contributed by atoms with E-state index in [1.807, 2.05) is 66.3 Å². The summed E-state index contributed by atoms with van der Waals surface area (Å²) in [5, 5.41) is 0.730. The monoisotopic (exact) mass is 444 g/mol. The van der Waals surface area contributed by atoms with Gasteiger partial charge in [-0.25, -0.2) is 4.98 Å². The molecule has 1 fully saturated rings. The van der Waals surface area contributed by atoms with Gasteiger partial charge in [0.25, 0.3) is 0 Å². The lowest BCUT2D eigenvalue weighted by Gasteiger charge is -2.35. The molecule has 31 heavy (non-hydrogen) atoms. The van der Waals surface area contributed by atoms with Crippen LogP contribution in [0, 0.1) is 11.8 Å². The van der Waals surface area contributed by atoms with Crippen molar-refractivity contribution >= 4 is 34.6 Å². The van der Waals surface area contributed by atoms with Gasteiger partial charge in [-0.15, -0.1) is 0 Å². The first kappa shape index (κ1) is 23.6. The lowest BCUT2D eigenvalue weighted by molar-refractivity contribution is -0.135. The number of aromatic nitrogens is 2. The summed E-state index contributed by atoms with van der Waals surface area (Å²) in [7, 11) is 0. The van der Waals surface area contributed by atoms with E-state index in [9.17, 15) is 9.59 Å². The lowest BCUT2D eigenvalue weighted by atomic mass is 9.92. The number of likely N-dealkylation sites (tertiary alicyclic amines) is 1. The van der Waals surface area contributed by atoms with Gasteiger partial charge in [0.15, 0.2) is 5.16 Å². The van der Waals surface area contributed by atoms with Crippen LogP contribution in [0.3, 0.4) is 0 Å². The highest BCUT2D eigenvalue weighted by atomic mass is 32.2. The van der Waals surface area contributed by atoms with Crippen molar-refractivity contribution < 1.29 is 9.59 Å². The third kappa shape index (κ3) is 5.62. The molecule has 7 heteroatoms. The molecule has 1 aromatic carbocycles. The number of carbonyl (C=O) groups excluding carboxylic acids is 2. The molecule has 2 unspecified atom stereocenters. The summed E-state index contributed by atoms with van der Waals surface area (Å²) in [5.74, 6) is 1.64. The topological polar surface area (TPSA) is 58.4 Å². The highest BCUT2D eigenvalue weighted by Crippen LogP contribution is 2.27. The average Bonchev–Trinajstić information content (AvgIpc) is 3.02. The molecular weight excluding hydrogens is 408 g/mol. The van der Waals surface area contributed by atoms with E-state index in [-0.39, 0.29) is 30.4 Å². The van der Waals surface area contributed by atoms with Crippen LogP contribution in [0.5, 0.6) is 0 Å². The molecule has 2 aromatic rings. The molecule has 1 aliphatic heterocycles. The predicted molar refractivity (Wildman–Crippen MR) is 127 cm³/mol. The highest BCUT2D eigenvalue weighted by Gasteiger charge is 2.27. The quantitative estimate of drug-likeness (QED) is 0.598. The SMILES string of the molecule is CC1CC(C)CN(C(=O)CSc2nc3ccccc3n2CC(=O)N(C(C)C)C(C)C)C1. The molecule has 2 heterocycles. The van der Waals surface area contributed by atoms with E-state index < -0.39 is 0 Å². The molecule has 1 aromatic heterocycles. The zero-order valence-electron chi connectivity index (χ0n) is 19.7. The Morgan fingerprint density at radius 3 is 2.32 bits per heavy atom. The van der Waals surface area contributed by atoms with Crippen LogP contribution in [-0.4, -0.2) is 62.1 Å². The summed E-state index contributed by atoms with van der Waals surface area (Å²) in [5.41, 5.74) is 1.78. The maximum atomic E-state index is 13.1. The van der Waals surface area contributed by atoms with Crippen LogP contribution in [-0.2, 0) is 16.1 Å². The standard InChI is InChI=1S/C24H36N4O2S/c1-16(2)28(17(3)4)22(29)14-27-21-10-8-7-9-20(21)25-24(27)31-15-23(30)26-12-18(5)11-19(6)13-26/h7-10,16-19H,11-15H2,1-6H3. The minimum atomic E-state index is 0.0695. The van der Waals surface area contributed by atoms with Gasteiger partial charge in [0, 0.05) is 25.2 Å². The molecule has 2 amide bonds. The summed E-state index contributed by atoms with van der Waals surface area (Å²) in [6.45, 7) is 14.5. The van der Waals surface area contributed by atoms with Crippen LogP contribution >= 0.6 is 11.8 Å². The second-order valence-corrected chi connectivity index (χ2v) is 10.4. The number of fused-ring (bicyclic) bond motifs is 1. The first-order valence-electron chi connectivity index (χ1n) is 11.3. The Labute approximate surface area is 190 Å². The van der Waals surface area contributed by atoms with E-state index in [1.165, 1.54) is 18.2 Å². The van der Waals surface area contributed by atoms with Crippen molar-refractivity contribution in [2.75, 3.05) is 18.8 Å². The van der Waals surface area contributed by atoms with E-state index >= 15 is 0 Å². The summed E-state index contributed by atoms with van der Waals surface area (Å²) in [6.07, 6.45) is 1.18. The molecule has 0 radical (unpaired) electrons. The summed E-state index contributed by atoms with van der Waals surface area (Å²) >= 11 is 1.44. The smallest absolute Gasteiger partial charge is 0.243 e. The van der Waals surface area contributed by atoms with Gasteiger partial charge >= 0.3 is 0 Å². The Balaban J connectivity index is 1.79. The van der Waals surface area contributed by atoms with Gasteiger partial charge in [-0.2, -0.15) is 0 Å². The van der Waals surface area contributed by atoms with Crippen molar-refractivity contribution in [3.63, 3.8) is 0 Å². The third-order valence-electron chi connectivity index (χ3n) is 5.86. The number of imidazole rings is 1. The number of thioether (sulfide) groups is 1.